The van der Waals surface area contributed by atoms with Crippen LogP contribution < -0.4 is 16.0 Å². The van der Waals surface area contributed by atoms with Crippen molar-refractivity contribution in [2.75, 3.05) is 24.5 Å². The lowest BCUT2D eigenvalue weighted by molar-refractivity contribution is -0.140. The second-order valence-corrected chi connectivity index (χ2v) is 10.3. The number of anilines is 1. The van der Waals surface area contributed by atoms with E-state index in [4.69, 9.17) is 15.2 Å². The number of amides is 1. The Kier molecular flexibility index (Phi) is 8.48. The number of nitrogens with two attached hydrogens (primary N) is 1. The van der Waals surface area contributed by atoms with Gasteiger partial charge >= 0.3 is 16.1 Å². The Morgan fingerprint density at radius 3 is 2.34 bits per heavy atom. The smallest absolute Gasteiger partial charge is 0.344 e. The third-order valence-electron chi connectivity index (χ3n) is 6.31. The summed E-state index contributed by atoms with van der Waals surface area (Å²) >= 11 is 0. The highest BCUT2D eigenvalue weighted by atomic mass is 32.2. The molecule has 3 N–H and O–H groups in total. The van der Waals surface area contributed by atoms with Gasteiger partial charge in [-0.25, -0.2) is 4.79 Å². The summed E-state index contributed by atoms with van der Waals surface area (Å²) in [7, 11) is -4.31. The van der Waals surface area contributed by atoms with Gasteiger partial charge in [-0.05, 0) is 61.6 Å². The zero-order chi connectivity index (χ0) is 25.5. The van der Waals surface area contributed by atoms with E-state index in [2.05, 4.69) is 16.3 Å². The monoisotopic (exact) mass is 498 g/mol. The number of carbonyl (C=O) groups excluding carboxylic acids is 2. The fourth-order valence-corrected chi connectivity index (χ4v) is 4.84. The maximum Gasteiger partial charge on any atom is 0.344 e. The Bertz CT molecular complexity index is 1170. The number of nitrogens with one attached hydrogen (secondary N) is 1. The lowest BCUT2D eigenvalue weighted by Crippen LogP contribution is -2.57. The van der Waals surface area contributed by atoms with Gasteiger partial charge in [0.15, 0.2) is 0 Å². The second-order valence-electron chi connectivity index (χ2n) is 8.72. The predicted octanol–water partition coefficient (Wildman–Crippen LogP) is 2.32. The van der Waals surface area contributed by atoms with Gasteiger partial charge in [0.2, 0.25) is 5.91 Å². The van der Waals surface area contributed by atoms with Gasteiger partial charge in [0.1, 0.15) is 10.4 Å². The molecule has 1 saturated heterocycles. The summed E-state index contributed by atoms with van der Waals surface area (Å²) in [6, 6.07) is 16.9. The molecular formula is C25H30N4O5S. The maximum absolute atomic E-state index is 12.6. The lowest BCUT2D eigenvalue weighted by atomic mass is 9.92. The molecule has 10 heteroatoms. The van der Waals surface area contributed by atoms with E-state index in [-0.39, 0.29) is 29.7 Å². The van der Waals surface area contributed by atoms with Crippen molar-refractivity contribution in [1.29, 1.82) is 5.26 Å². The number of benzene rings is 2. The first-order chi connectivity index (χ1) is 16.7. The number of hydrogen-bond donors (Lipinski definition) is 2. The van der Waals surface area contributed by atoms with Crippen molar-refractivity contribution in [3.05, 3.63) is 60.2 Å². The van der Waals surface area contributed by atoms with Crippen molar-refractivity contribution in [3.63, 3.8) is 0 Å². The summed E-state index contributed by atoms with van der Waals surface area (Å²) in [6.45, 7) is 2.99. The molecule has 1 atom stereocenters. The summed E-state index contributed by atoms with van der Waals surface area (Å²) in [4.78, 5) is 27.2. The molecule has 0 spiro atoms. The van der Waals surface area contributed by atoms with E-state index >= 15 is 0 Å². The molecule has 1 aliphatic rings. The van der Waals surface area contributed by atoms with Crippen LogP contribution in [0.3, 0.4) is 0 Å². The van der Waals surface area contributed by atoms with Gasteiger partial charge in [-0.2, -0.15) is 13.7 Å². The first-order valence-corrected chi connectivity index (χ1v) is 12.9. The van der Waals surface area contributed by atoms with E-state index in [1.54, 1.807) is 25.1 Å². The highest BCUT2D eigenvalue weighted by molar-refractivity contribution is 7.87. The van der Waals surface area contributed by atoms with Gasteiger partial charge in [-0.15, -0.1) is 0 Å². The van der Waals surface area contributed by atoms with Gasteiger partial charge < -0.3 is 20.1 Å². The number of nitrogens with zero attached hydrogens (tertiary/aromatic N) is 2. The average Bonchev–Trinajstić information content (AvgIpc) is 2.88. The quantitative estimate of drug-likeness (QED) is 0.502. The summed E-state index contributed by atoms with van der Waals surface area (Å²) in [5.74, 6) is -1.17. The van der Waals surface area contributed by atoms with E-state index in [9.17, 15) is 18.0 Å². The zero-order valence-corrected chi connectivity index (χ0v) is 20.5. The molecule has 35 heavy (non-hydrogen) atoms. The van der Waals surface area contributed by atoms with Crippen LogP contribution in [0.15, 0.2) is 59.5 Å². The van der Waals surface area contributed by atoms with Crippen molar-refractivity contribution in [3.8, 4) is 6.07 Å². The number of nitriles is 1. The Labute approximate surface area is 206 Å². The molecule has 0 aromatic heterocycles. The summed E-state index contributed by atoms with van der Waals surface area (Å²) in [6.07, 6.45) is 2.02. The van der Waals surface area contributed by atoms with E-state index < -0.39 is 21.6 Å². The number of piperidine rings is 1. The van der Waals surface area contributed by atoms with Gasteiger partial charge in [0.05, 0.1) is 11.6 Å². The van der Waals surface area contributed by atoms with Crippen LogP contribution in [0.1, 0.15) is 38.2 Å². The number of hydrogen-bond acceptors (Lipinski definition) is 8. The molecular weight excluding hydrogens is 468 g/mol. The third-order valence-corrected chi connectivity index (χ3v) is 7.53. The fourth-order valence-electron chi connectivity index (χ4n) is 3.89. The fraction of sp³-hybridized carbons (Fsp3) is 0.400. The molecule has 2 aromatic carbocycles. The molecule has 9 nitrogen and oxygen atoms in total. The van der Waals surface area contributed by atoms with Crippen LogP contribution in [0.5, 0.6) is 0 Å². The number of rotatable bonds is 9. The minimum atomic E-state index is -4.31. The molecule has 0 radical (unpaired) electrons. The van der Waals surface area contributed by atoms with E-state index in [0.29, 0.717) is 12.0 Å². The molecule has 3 rings (SSSR count). The topological polar surface area (TPSA) is 143 Å². The Morgan fingerprint density at radius 2 is 1.77 bits per heavy atom. The van der Waals surface area contributed by atoms with Crippen LogP contribution in [0.4, 0.5) is 5.69 Å². The third kappa shape index (κ3) is 6.81. The van der Waals surface area contributed by atoms with E-state index in [0.717, 1.165) is 31.6 Å². The van der Waals surface area contributed by atoms with Crippen molar-refractivity contribution in [1.82, 2.24) is 5.32 Å². The highest BCUT2D eigenvalue weighted by Gasteiger charge is 2.38. The zero-order valence-electron chi connectivity index (χ0n) is 19.6. The molecule has 1 unspecified atom stereocenters. The SMILES string of the molecule is CCC(N)(CNC(=O)CC1CCN(c2ccc(C#N)cc2)CC1)C(=O)OS(=O)(=O)c1ccccc1. The highest BCUT2D eigenvalue weighted by Crippen LogP contribution is 2.25. The van der Waals surface area contributed by atoms with Gasteiger partial charge in [0, 0.05) is 31.7 Å². The molecule has 0 aliphatic carbocycles. The van der Waals surface area contributed by atoms with Crippen molar-refractivity contribution >= 4 is 27.7 Å². The predicted molar refractivity (Wildman–Crippen MR) is 131 cm³/mol. The normalized spacial score (nSPS) is 16.1. The largest absolute Gasteiger partial charge is 0.372 e. The molecule has 0 bridgehead atoms. The summed E-state index contributed by atoms with van der Waals surface area (Å²) in [5, 5.41) is 11.6. The standard InChI is InChI=1S/C25H30N4O5S/c1-2-25(27,24(31)34-35(32,33)22-6-4-3-5-7-22)18-28-23(30)16-19-12-14-29(15-13-19)21-10-8-20(17-26)9-11-21/h3-11,19H,2,12-16,18,27H2,1H3,(H,28,30). The first-order valence-electron chi connectivity index (χ1n) is 11.5. The minimum Gasteiger partial charge on any atom is -0.372 e. The Hall–Kier alpha value is -3.42. The van der Waals surface area contributed by atoms with Crippen LogP contribution >= 0.6 is 0 Å². The van der Waals surface area contributed by atoms with Crippen LogP contribution in [0.2, 0.25) is 0 Å². The molecule has 1 fully saturated rings. The van der Waals surface area contributed by atoms with Crippen LogP contribution in [0.25, 0.3) is 0 Å². The molecule has 2 aromatic rings. The van der Waals surface area contributed by atoms with Crippen molar-refractivity contribution < 1.29 is 22.2 Å². The van der Waals surface area contributed by atoms with E-state index in [1.165, 1.54) is 24.3 Å². The molecule has 1 amide bonds. The summed E-state index contributed by atoms with van der Waals surface area (Å²) in [5.41, 5.74) is 6.12. The summed E-state index contributed by atoms with van der Waals surface area (Å²) < 4.78 is 29.5. The van der Waals surface area contributed by atoms with Crippen LogP contribution in [-0.2, 0) is 23.9 Å². The average molecular weight is 499 g/mol. The molecule has 186 valence electrons. The van der Waals surface area contributed by atoms with E-state index in [1.807, 2.05) is 12.1 Å². The molecule has 1 aliphatic heterocycles. The van der Waals surface area contributed by atoms with Crippen molar-refractivity contribution in [2.45, 2.75) is 43.0 Å². The van der Waals surface area contributed by atoms with Gasteiger partial charge in [-0.1, -0.05) is 25.1 Å². The number of carbonyl (C=O) groups is 2. The molecule has 1 heterocycles. The van der Waals surface area contributed by atoms with Crippen molar-refractivity contribution in [2.24, 2.45) is 11.7 Å². The molecule has 0 saturated carbocycles. The Balaban J connectivity index is 1.48. The van der Waals surface area contributed by atoms with Crippen LogP contribution in [-0.4, -0.2) is 45.5 Å². The second kappa shape index (κ2) is 11.3. The van der Waals surface area contributed by atoms with Gasteiger partial charge in [-0.3, -0.25) is 4.79 Å². The maximum atomic E-state index is 12.6. The minimum absolute atomic E-state index is 0.0827. The van der Waals surface area contributed by atoms with Crippen LogP contribution in [0, 0.1) is 17.2 Å². The Morgan fingerprint density at radius 1 is 1.14 bits per heavy atom. The first kappa shape index (κ1) is 26.2. The van der Waals surface area contributed by atoms with Gasteiger partial charge in [0.25, 0.3) is 0 Å². The lowest BCUT2D eigenvalue weighted by Gasteiger charge is -2.33.